The number of hydrogen-bond donors (Lipinski definition) is 1. The fourth-order valence-electron chi connectivity index (χ4n) is 10.4. The lowest BCUT2D eigenvalue weighted by atomic mass is 9.93. The molecule has 13 aromatic rings. The summed E-state index contributed by atoms with van der Waals surface area (Å²) in [5, 5.41) is 18.5. The molecule has 1 unspecified atom stereocenters. The summed E-state index contributed by atoms with van der Waals surface area (Å²) < 4.78 is 5.01. The third kappa shape index (κ3) is 5.91. The van der Waals surface area contributed by atoms with Crippen molar-refractivity contribution in [2.24, 2.45) is 9.98 Å². The minimum Gasteiger partial charge on any atom is -0.344 e. The average Bonchev–Trinajstić information content (AvgIpc) is 3.91. The van der Waals surface area contributed by atoms with Gasteiger partial charge in [-0.05, 0) is 115 Å². The first-order valence-corrected chi connectivity index (χ1v) is 23.3. The van der Waals surface area contributed by atoms with Crippen molar-refractivity contribution < 1.29 is 0 Å². The zero-order chi connectivity index (χ0) is 43.3. The Morgan fingerprint density at radius 3 is 1.62 bits per heavy atom. The topological polar surface area (TPSA) is 41.7 Å². The summed E-state index contributed by atoms with van der Waals surface area (Å²) in [4.78, 5) is 10.9. The van der Waals surface area contributed by atoms with Gasteiger partial charge in [0.25, 0.3) is 0 Å². The normalized spacial score (nSPS) is 14.2. The van der Waals surface area contributed by atoms with Gasteiger partial charge in [0, 0.05) is 53.3 Å². The highest BCUT2D eigenvalue weighted by molar-refractivity contribution is 7.25. The number of fused-ring (bicyclic) bond motifs is 10. The number of benzene rings is 11. The molecule has 0 saturated heterocycles. The summed E-state index contributed by atoms with van der Waals surface area (Å²) in [6, 6.07) is 79.6. The first-order chi connectivity index (χ1) is 32.7. The van der Waals surface area contributed by atoms with Crippen LogP contribution < -0.4 is 5.32 Å². The number of nitrogens with one attached hydrogen (secondary N) is 1. The van der Waals surface area contributed by atoms with E-state index >= 15 is 0 Å². The Morgan fingerprint density at radius 2 is 0.955 bits per heavy atom. The number of rotatable bonds is 5. The van der Waals surface area contributed by atoms with Crippen LogP contribution in [0, 0.1) is 0 Å². The van der Waals surface area contributed by atoms with Crippen LogP contribution in [0.5, 0.6) is 0 Å². The lowest BCUT2D eigenvalue weighted by Crippen LogP contribution is -2.33. The van der Waals surface area contributed by atoms with Crippen molar-refractivity contribution in [2.75, 3.05) is 0 Å². The van der Waals surface area contributed by atoms with Gasteiger partial charge in [0.2, 0.25) is 0 Å². The molecule has 0 saturated carbocycles. The fraction of sp³-hybridized carbons (Fsp3) is 0.0164. The Hall–Kier alpha value is -8.38. The highest BCUT2D eigenvalue weighted by atomic mass is 32.1. The largest absolute Gasteiger partial charge is 0.344 e. The van der Waals surface area contributed by atoms with Gasteiger partial charge in [0.15, 0.2) is 5.84 Å². The van der Waals surface area contributed by atoms with Crippen molar-refractivity contribution >= 4 is 108 Å². The number of thiophene rings is 1. The Kier molecular flexibility index (Phi) is 8.18. The van der Waals surface area contributed by atoms with Crippen LogP contribution in [0.4, 0.5) is 0 Å². The molecule has 1 N–H and O–H groups in total. The van der Waals surface area contributed by atoms with Crippen LogP contribution >= 0.6 is 11.3 Å². The zero-order valence-electron chi connectivity index (χ0n) is 35.6. The van der Waals surface area contributed by atoms with Gasteiger partial charge in [-0.2, -0.15) is 0 Å². The van der Waals surface area contributed by atoms with E-state index < -0.39 is 6.17 Å². The molecule has 1 aliphatic rings. The summed E-state index contributed by atoms with van der Waals surface area (Å²) in [7, 11) is 0. The summed E-state index contributed by atoms with van der Waals surface area (Å²) in [6.45, 7) is 0. The molecule has 66 heavy (non-hydrogen) atoms. The SMILES string of the molecule is c1ccc2cc(C3=NC(c4ccc(-n5c6cc7ccccc7cc6c6cc7ccccc7cc65)cc4-c4cccc5sc6ccccc6c45)NC(c4ccc5ccccc5c4)=N3)ccc2c1. The van der Waals surface area contributed by atoms with Gasteiger partial charge in [0.1, 0.15) is 12.0 Å². The third-order valence-corrected chi connectivity index (χ3v) is 14.7. The smallest absolute Gasteiger partial charge is 0.159 e. The second-order valence-corrected chi connectivity index (χ2v) is 18.5. The molecule has 1 aliphatic heterocycles. The molecule has 0 radical (unpaired) electrons. The van der Waals surface area contributed by atoms with Crippen LogP contribution in [0.2, 0.25) is 0 Å². The molecule has 2 aromatic heterocycles. The molecule has 5 heteroatoms. The van der Waals surface area contributed by atoms with Gasteiger partial charge in [0.05, 0.1) is 11.0 Å². The summed E-state index contributed by atoms with van der Waals surface area (Å²) >= 11 is 1.85. The van der Waals surface area contributed by atoms with Crippen molar-refractivity contribution in [3.05, 3.63) is 235 Å². The maximum absolute atomic E-state index is 5.56. The molecule has 14 rings (SSSR count). The van der Waals surface area contributed by atoms with E-state index in [4.69, 9.17) is 9.98 Å². The predicted octanol–water partition coefficient (Wildman–Crippen LogP) is 15.9. The van der Waals surface area contributed by atoms with Crippen LogP contribution in [0.1, 0.15) is 22.9 Å². The minimum absolute atomic E-state index is 0.458. The maximum atomic E-state index is 5.56. The first kappa shape index (κ1) is 37.0. The van der Waals surface area contributed by atoms with Gasteiger partial charge in [-0.25, -0.2) is 9.98 Å². The Labute approximate surface area is 384 Å². The van der Waals surface area contributed by atoms with Crippen LogP contribution in [-0.4, -0.2) is 16.2 Å². The van der Waals surface area contributed by atoms with Gasteiger partial charge < -0.3 is 9.88 Å². The third-order valence-electron chi connectivity index (χ3n) is 13.6. The van der Waals surface area contributed by atoms with E-state index in [0.717, 1.165) is 39.2 Å². The number of aliphatic imine (C=N–C) groups is 2. The van der Waals surface area contributed by atoms with Crippen molar-refractivity contribution in [1.29, 1.82) is 0 Å². The van der Waals surface area contributed by atoms with E-state index in [0.29, 0.717) is 5.84 Å². The van der Waals surface area contributed by atoms with Gasteiger partial charge >= 0.3 is 0 Å². The van der Waals surface area contributed by atoms with Crippen molar-refractivity contribution in [1.82, 2.24) is 9.88 Å². The summed E-state index contributed by atoms with van der Waals surface area (Å²) in [6.07, 6.45) is -0.458. The van der Waals surface area contributed by atoms with Crippen LogP contribution in [0.3, 0.4) is 0 Å². The van der Waals surface area contributed by atoms with E-state index in [1.807, 2.05) is 11.3 Å². The molecule has 0 fully saturated rings. The van der Waals surface area contributed by atoms with E-state index in [1.165, 1.54) is 85.2 Å². The molecule has 0 amide bonds. The lowest BCUT2D eigenvalue weighted by molar-refractivity contribution is 0.676. The van der Waals surface area contributed by atoms with Crippen molar-refractivity contribution in [3.8, 4) is 16.8 Å². The second kappa shape index (κ2) is 14.6. The quantitative estimate of drug-likeness (QED) is 0.184. The average molecular weight is 859 g/mol. The number of amidine groups is 2. The summed E-state index contributed by atoms with van der Waals surface area (Å²) in [5.74, 6) is 1.49. The van der Waals surface area contributed by atoms with E-state index in [9.17, 15) is 0 Å². The molecule has 4 nitrogen and oxygen atoms in total. The number of aromatic nitrogens is 1. The lowest BCUT2D eigenvalue weighted by Gasteiger charge is -2.26. The van der Waals surface area contributed by atoms with Crippen LogP contribution in [0.15, 0.2) is 228 Å². The molecular formula is C61H38N4S. The molecule has 11 aromatic carbocycles. The molecule has 3 heterocycles. The van der Waals surface area contributed by atoms with Gasteiger partial charge in [-0.3, -0.25) is 0 Å². The monoisotopic (exact) mass is 858 g/mol. The van der Waals surface area contributed by atoms with E-state index in [-0.39, 0.29) is 0 Å². The van der Waals surface area contributed by atoms with Crippen LogP contribution in [0.25, 0.3) is 102 Å². The predicted molar refractivity (Wildman–Crippen MR) is 281 cm³/mol. The highest BCUT2D eigenvalue weighted by Crippen LogP contribution is 2.44. The Bertz CT molecular complexity index is 4130. The standard InChI is InChI=1S/C61H38N4S/c1-3-14-39-30-45(26-24-37(39)12-1)59-62-60(46-27-25-38-13-2-4-15-40(38)31-46)64-61(63-59)49-29-28-47(36-51(49)48-21-11-23-57-58(48)50-20-9-10-22-56(50)66-57)65-54-34-43-18-7-5-16-41(43)32-52(54)53-33-42-17-6-8-19-44(42)35-55(53)65/h1-36,61H,(H,62,63,64). The van der Waals surface area contributed by atoms with E-state index in [2.05, 4.69) is 228 Å². The molecule has 0 aliphatic carbocycles. The highest BCUT2D eigenvalue weighted by Gasteiger charge is 2.26. The van der Waals surface area contributed by atoms with Gasteiger partial charge in [-0.15, -0.1) is 11.3 Å². The maximum Gasteiger partial charge on any atom is 0.159 e. The van der Waals surface area contributed by atoms with Crippen molar-refractivity contribution in [3.63, 3.8) is 0 Å². The molecular weight excluding hydrogens is 821 g/mol. The second-order valence-electron chi connectivity index (χ2n) is 17.4. The van der Waals surface area contributed by atoms with Gasteiger partial charge in [-0.1, -0.05) is 158 Å². The number of hydrogen-bond acceptors (Lipinski definition) is 4. The molecule has 0 bridgehead atoms. The van der Waals surface area contributed by atoms with E-state index in [1.54, 1.807) is 0 Å². The van der Waals surface area contributed by atoms with Crippen molar-refractivity contribution in [2.45, 2.75) is 6.17 Å². The molecule has 308 valence electrons. The zero-order valence-corrected chi connectivity index (χ0v) is 36.4. The molecule has 0 spiro atoms. The van der Waals surface area contributed by atoms with Crippen LogP contribution in [-0.2, 0) is 0 Å². The summed E-state index contributed by atoms with van der Waals surface area (Å²) in [5.41, 5.74) is 8.81. The first-order valence-electron chi connectivity index (χ1n) is 22.5. The fourth-order valence-corrected chi connectivity index (χ4v) is 11.5. The minimum atomic E-state index is -0.458. The number of nitrogens with zero attached hydrogens (tertiary/aromatic N) is 3. The molecule has 1 atom stereocenters. The Balaban J connectivity index is 1.04. The Morgan fingerprint density at radius 1 is 0.409 bits per heavy atom.